The molecule has 0 bridgehead atoms. The van der Waals surface area contributed by atoms with E-state index in [9.17, 15) is 0 Å². The number of hydrogen-bond donors (Lipinski definition) is 0. The van der Waals surface area contributed by atoms with Crippen LogP contribution < -0.4 is 9.80 Å². The zero-order valence-corrected chi connectivity index (χ0v) is 32.8. The first-order valence-electron chi connectivity index (χ1n) is 20.7. The molecule has 0 aromatic heterocycles. The number of hydrogen-bond acceptors (Lipinski definition) is 2. The fourth-order valence-electron chi connectivity index (χ4n) is 9.64. The molecule has 0 amide bonds. The molecule has 0 unspecified atom stereocenters. The predicted molar refractivity (Wildman–Crippen MR) is 257 cm³/mol. The maximum absolute atomic E-state index is 2.44. The average molecular weight is 763 g/mol. The number of rotatable bonds is 4. The van der Waals surface area contributed by atoms with E-state index in [0.717, 1.165) is 34.1 Å². The minimum absolute atomic E-state index is 1.12. The van der Waals surface area contributed by atoms with Crippen molar-refractivity contribution in [3.8, 4) is 22.3 Å². The Labute approximate surface area is 349 Å². The fraction of sp³-hybridized carbons (Fsp3) is 0. The molecule has 0 saturated carbocycles. The van der Waals surface area contributed by atoms with Crippen molar-refractivity contribution >= 4 is 90.7 Å². The first-order chi connectivity index (χ1) is 29.8. The number of para-hydroxylation sites is 4. The monoisotopic (exact) mass is 762 g/mol. The zero-order valence-electron chi connectivity index (χ0n) is 32.8. The van der Waals surface area contributed by atoms with E-state index in [1.54, 1.807) is 0 Å². The Kier molecular flexibility index (Phi) is 7.89. The summed E-state index contributed by atoms with van der Waals surface area (Å²) in [6.45, 7) is 0. The van der Waals surface area contributed by atoms with Crippen LogP contribution in [0.4, 0.5) is 34.1 Å². The van der Waals surface area contributed by atoms with Gasteiger partial charge in [-0.05, 0) is 125 Å². The Morgan fingerprint density at radius 2 is 0.683 bits per heavy atom. The third kappa shape index (κ3) is 5.42. The van der Waals surface area contributed by atoms with Crippen molar-refractivity contribution in [1.82, 2.24) is 0 Å². The van der Waals surface area contributed by atoms with Crippen LogP contribution in [0.3, 0.4) is 0 Å². The molecule has 2 aliphatic heterocycles. The zero-order chi connectivity index (χ0) is 39.6. The third-order valence-electron chi connectivity index (χ3n) is 12.3. The summed E-state index contributed by atoms with van der Waals surface area (Å²) in [4.78, 5) is 4.88. The summed E-state index contributed by atoms with van der Waals surface area (Å²) < 4.78 is 0. The second-order valence-corrected chi connectivity index (χ2v) is 15.7. The van der Waals surface area contributed by atoms with Gasteiger partial charge in [-0.15, -0.1) is 0 Å². The lowest BCUT2D eigenvalue weighted by molar-refractivity contribution is 1.28. The Morgan fingerprint density at radius 3 is 1.22 bits per heavy atom. The van der Waals surface area contributed by atoms with Crippen molar-refractivity contribution in [2.24, 2.45) is 0 Å². The Bertz CT molecular complexity index is 3290. The highest BCUT2D eigenvalue weighted by atomic mass is 15.2. The molecule has 0 atom stereocenters. The number of benzene rings is 10. The van der Waals surface area contributed by atoms with Gasteiger partial charge in [-0.25, -0.2) is 0 Å². The summed E-state index contributed by atoms with van der Waals surface area (Å²) >= 11 is 0. The number of nitrogens with zero attached hydrogens (tertiary/aromatic N) is 2. The number of anilines is 6. The highest BCUT2D eigenvalue weighted by Gasteiger charge is 2.25. The van der Waals surface area contributed by atoms with Gasteiger partial charge in [-0.2, -0.15) is 0 Å². The predicted octanol–water partition coefficient (Wildman–Crippen LogP) is 16.4. The minimum Gasteiger partial charge on any atom is -0.309 e. The van der Waals surface area contributed by atoms with Crippen molar-refractivity contribution in [1.29, 1.82) is 0 Å². The van der Waals surface area contributed by atoms with Crippen molar-refractivity contribution in [3.63, 3.8) is 0 Å². The molecule has 0 radical (unpaired) electrons. The largest absolute Gasteiger partial charge is 0.309 e. The van der Waals surface area contributed by atoms with E-state index >= 15 is 0 Å². The molecule has 12 rings (SSSR count). The lowest BCUT2D eigenvalue weighted by atomic mass is 9.84. The van der Waals surface area contributed by atoms with Gasteiger partial charge in [-0.1, -0.05) is 182 Å². The highest BCUT2D eigenvalue weighted by molar-refractivity contribution is 6.24. The van der Waals surface area contributed by atoms with E-state index in [2.05, 4.69) is 240 Å². The van der Waals surface area contributed by atoms with Crippen LogP contribution in [0.2, 0.25) is 0 Å². The van der Waals surface area contributed by atoms with Crippen molar-refractivity contribution in [3.05, 3.63) is 229 Å². The number of fused-ring (bicyclic) bond motifs is 7. The first-order valence-corrected chi connectivity index (χ1v) is 20.7. The van der Waals surface area contributed by atoms with Crippen molar-refractivity contribution < 1.29 is 0 Å². The Balaban J connectivity index is 1.21. The van der Waals surface area contributed by atoms with E-state index in [-0.39, 0.29) is 0 Å². The molecule has 0 N–H and O–H groups in total. The summed E-state index contributed by atoms with van der Waals surface area (Å²) in [5.41, 5.74) is 16.5. The third-order valence-corrected chi connectivity index (χ3v) is 12.3. The van der Waals surface area contributed by atoms with Crippen LogP contribution in [0.5, 0.6) is 0 Å². The summed E-state index contributed by atoms with van der Waals surface area (Å²) in [6.07, 6.45) is 8.97. The fourth-order valence-corrected chi connectivity index (χ4v) is 9.64. The molecular formula is C58H38N2. The molecule has 280 valence electrons. The topological polar surface area (TPSA) is 6.48 Å². The van der Waals surface area contributed by atoms with Crippen molar-refractivity contribution in [2.75, 3.05) is 9.80 Å². The van der Waals surface area contributed by atoms with E-state index in [0.29, 0.717) is 0 Å². The van der Waals surface area contributed by atoms with Gasteiger partial charge in [0.05, 0.1) is 22.7 Å². The van der Waals surface area contributed by atoms with Crippen LogP contribution in [0.15, 0.2) is 206 Å². The lowest BCUT2D eigenvalue weighted by Gasteiger charge is -2.29. The van der Waals surface area contributed by atoms with Crippen LogP contribution in [-0.4, -0.2) is 0 Å². The SMILES string of the molecule is C1=Cc2ccccc2N(c2ccc3c(-c4cccc5ccccc45)c4cc(N5c6ccccc6C=Cc6ccccc65)ccc4c(-c4ccccc4)c3c2)c2ccccc21. The van der Waals surface area contributed by atoms with Gasteiger partial charge >= 0.3 is 0 Å². The molecular weight excluding hydrogens is 725 g/mol. The second kappa shape index (κ2) is 13.9. The van der Waals surface area contributed by atoms with E-state index in [4.69, 9.17) is 0 Å². The first kappa shape index (κ1) is 34.1. The quantitative estimate of drug-likeness (QED) is 0.165. The van der Waals surface area contributed by atoms with Crippen LogP contribution in [0.25, 0.3) is 78.9 Å². The van der Waals surface area contributed by atoms with Gasteiger partial charge in [-0.3, -0.25) is 0 Å². The van der Waals surface area contributed by atoms with Gasteiger partial charge in [0.1, 0.15) is 0 Å². The van der Waals surface area contributed by atoms with Crippen LogP contribution >= 0.6 is 0 Å². The molecule has 0 saturated heterocycles. The summed E-state index contributed by atoms with van der Waals surface area (Å²) in [5, 5.41) is 7.31. The van der Waals surface area contributed by atoms with Crippen LogP contribution in [0.1, 0.15) is 22.3 Å². The molecule has 0 spiro atoms. The lowest BCUT2D eigenvalue weighted by Crippen LogP contribution is -2.12. The second-order valence-electron chi connectivity index (χ2n) is 15.7. The van der Waals surface area contributed by atoms with E-state index < -0.39 is 0 Å². The Hall–Kier alpha value is -7.94. The van der Waals surface area contributed by atoms with Gasteiger partial charge in [0.25, 0.3) is 0 Å². The minimum atomic E-state index is 1.12. The standard InChI is InChI=1S/C58H38N2/c1-2-20-44(21-3-1)57-49-35-33-46(60-55-27-12-7-18-42(55)31-32-43-19-8-13-28-56(43)60)38-52(49)58(48-24-14-22-39-15-4-9-23-47(39)48)50-36-34-45(37-51(50)57)59-53-25-10-5-16-40(53)29-30-41-17-6-11-26-54(41)59/h1-38H. The molecule has 2 aliphatic rings. The molecule has 0 fully saturated rings. The maximum atomic E-state index is 2.44. The highest BCUT2D eigenvalue weighted by Crippen LogP contribution is 2.51. The normalized spacial score (nSPS) is 12.8. The van der Waals surface area contributed by atoms with Gasteiger partial charge in [0, 0.05) is 11.4 Å². The van der Waals surface area contributed by atoms with E-state index in [1.165, 1.54) is 76.8 Å². The summed E-state index contributed by atoms with van der Waals surface area (Å²) in [6, 6.07) is 75.7. The van der Waals surface area contributed by atoms with Crippen LogP contribution in [0, 0.1) is 0 Å². The molecule has 10 aromatic carbocycles. The van der Waals surface area contributed by atoms with Crippen LogP contribution in [-0.2, 0) is 0 Å². The molecule has 2 heterocycles. The smallest absolute Gasteiger partial charge is 0.0534 e. The van der Waals surface area contributed by atoms with Gasteiger partial charge in [0.15, 0.2) is 0 Å². The molecule has 0 aliphatic carbocycles. The van der Waals surface area contributed by atoms with E-state index in [1.807, 2.05) is 0 Å². The molecule has 2 nitrogen and oxygen atoms in total. The summed E-state index contributed by atoms with van der Waals surface area (Å²) in [5.74, 6) is 0. The van der Waals surface area contributed by atoms with Gasteiger partial charge in [0.2, 0.25) is 0 Å². The van der Waals surface area contributed by atoms with Gasteiger partial charge < -0.3 is 9.80 Å². The van der Waals surface area contributed by atoms with Crippen molar-refractivity contribution in [2.45, 2.75) is 0 Å². The molecule has 10 aromatic rings. The maximum Gasteiger partial charge on any atom is 0.0534 e. The molecule has 2 heteroatoms. The summed E-state index contributed by atoms with van der Waals surface area (Å²) in [7, 11) is 0. The average Bonchev–Trinajstić information content (AvgIpc) is 3.59. The molecule has 60 heavy (non-hydrogen) atoms. The Morgan fingerprint density at radius 1 is 0.267 bits per heavy atom.